The molecular weight excluding hydrogens is 861 g/mol. The van der Waals surface area contributed by atoms with Crippen molar-refractivity contribution in [3.8, 4) is 33.6 Å². The maximum Gasteiger partial charge on any atom is 0.125 e. The van der Waals surface area contributed by atoms with Crippen molar-refractivity contribution in [3.05, 3.63) is 138 Å². The third-order valence-electron chi connectivity index (χ3n) is 8.62. The minimum Gasteiger partial charge on any atom is -0.500 e. The number of aromatic nitrogens is 2. The predicted molar refractivity (Wildman–Crippen MR) is 215 cm³/mol. The van der Waals surface area contributed by atoms with E-state index < -0.39 is 30.9 Å². The van der Waals surface area contributed by atoms with E-state index in [1.165, 1.54) is 9.96 Å². The molecule has 0 saturated carbocycles. The molecule has 0 atom stereocenters. The van der Waals surface area contributed by atoms with Gasteiger partial charge in [-0.05, 0) is 40.6 Å². The normalized spacial score (nSPS) is 13.1. The third kappa shape index (κ3) is 8.98. The van der Waals surface area contributed by atoms with Crippen molar-refractivity contribution in [2.75, 3.05) is 0 Å². The summed E-state index contributed by atoms with van der Waals surface area (Å²) in [4.78, 5) is 9.12. The second-order valence-electron chi connectivity index (χ2n) is 15.2. The maximum atomic E-state index is 8.91. The molecule has 3 aromatic heterocycles. The number of aryl methyl sites for hydroxylation is 1. The number of rotatable bonds is 6. The summed E-state index contributed by atoms with van der Waals surface area (Å²) < 4.78 is 34.1. The summed E-state index contributed by atoms with van der Waals surface area (Å²) in [6, 6.07) is 38.3. The zero-order valence-corrected chi connectivity index (χ0v) is 35.5. The van der Waals surface area contributed by atoms with Crippen molar-refractivity contribution in [3.63, 3.8) is 0 Å². The molecule has 0 unspecified atom stereocenters. The Morgan fingerprint density at radius 3 is 2.22 bits per heavy atom. The summed E-state index contributed by atoms with van der Waals surface area (Å²) >= 11 is -1.77. The van der Waals surface area contributed by atoms with E-state index in [0.29, 0.717) is 22.4 Å². The molecule has 0 aliphatic rings. The van der Waals surface area contributed by atoms with E-state index in [2.05, 4.69) is 88.9 Å². The number of nitrogens with zero attached hydrogens (tertiary/aromatic N) is 2. The summed E-state index contributed by atoms with van der Waals surface area (Å²) in [7, 11) is 0. The van der Waals surface area contributed by atoms with Crippen molar-refractivity contribution >= 4 is 39.6 Å². The molecule has 0 aliphatic heterocycles. The first-order valence-electron chi connectivity index (χ1n) is 18.7. The number of furan rings is 1. The van der Waals surface area contributed by atoms with Gasteiger partial charge in [0.25, 0.3) is 0 Å². The quantitative estimate of drug-likeness (QED) is 0.123. The van der Waals surface area contributed by atoms with E-state index >= 15 is 0 Å². The van der Waals surface area contributed by atoms with Gasteiger partial charge in [-0.15, -0.1) is 23.8 Å². The topological polar surface area (TPSA) is 38.9 Å². The molecule has 3 heterocycles. The van der Waals surface area contributed by atoms with E-state index in [1.807, 2.05) is 89.2 Å². The van der Waals surface area contributed by atoms with Gasteiger partial charge < -0.3 is 9.40 Å². The molecule has 263 valence electrons. The monoisotopic (exact) mass is 914 g/mol. The van der Waals surface area contributed by atoms with E-state index in [0.717, 1.165) is 44.3 Å². The first-order valence-corrected chi connectivity index (χ1v) is 24.6. The van der Waals surface area contributed by atoms with Crippen LogP contribution in [0.15, 0.2) is 114 Å². The van der Waals surface area contributed by atoms with Crippen molar-refractivity contribution in [2.45, 2.75) is 71.1 Å². The molecule has 4 aromatic carbocycles. The van der Waals surface area contributed by atoms with Crippen LogP contribution in [-0.4, -0.2) is 23.2 Å². The molecule has 0 bridgehead atoms. The van der Waals surface area contributed by atoms with Gasteiger partial charge in [0.2, 0.25) is 0 Å². The van der Waals surface area contributed by atoms with Gasteiger partial charge in [-0.25, -0.2) is 0 Å². The molecule has 0 saturated heterocycles. The largest absolute Gasteiger partial charge is 0.500 e. The van der Waals surface area contributed by atoms with Gasteiger partial charge in [-0.2, -0.15) is 0 Å². The Balaban J connectivity index is 0.000000262. The SMILES string of the molecule is Cc1cc(-c2[c-]cccc2)nc[c]1[Ge]([CH3])([CH3])[CH3].[2H]C(C)(C)c1c(-c2ccccc2)ccc2c1oc1c[c-]c(-c3cc(C([2H])([2H])C(C)(C)C)ccn3)cc12.[Ir]. The van der Waals surface area contributed by atoms with E-state index in [9.17, 15) is 0 Å². The number of hydrogen-bond acceptors (Lipinski definition) is 3. The number of fused-ring (bicyclic) bond motifs is 3. The van der Waals surface area contributed by atoms with Crippen LogP contribution in [0.1, 0.15) is 61.3 Å². The number of pyridine rings is 2. The summed E-state index contributed by atoms with van der Waals surface area (Å²) in [5.74, 6) is 6.33. The van der Waals surface area contributed by atoms with E-state index in [-0.39, 0.29) is 20.1 Å². The van der Waals surface area contributed by atoms with E-state index in [4.69, 9.17) is 8.53 Å². The summed E-state index contributed by atoms with van der Waals surface area (Å²) in [6.07, 6.45) is 2.22. The number of benzene rings is 4. The van der Waals surface area contributed by atoms with Gasteiger partial charge in [0.05, 0.1) is 5.58 Å². The van der Waals surface area contributed by atoms with Crippen molar-refractivity contribution in [2.24, 2.45) is 5.41 Å². The van der Waals surface area contributed by atoms with Gasteiger partial charge in [0.15, 0.2) is 0 Å². The first kappa shape index (κ1) is 34.3. The Bertz CT molecular complexity index is 2390. The smallest absolute Gasteiger partial charge is 0.125 e. The fraction of sp³-hybridized carbons (Fsp3) is 0.261. The van der Waals surface area contributed by atoms with Crippen LogP contribution in [0.2, 0.25) is 17.3 Å². The molecule has 3 nitrogen and oxygen atoms in total. The molecule has 7 rings (SSSR count). The average molecular weight is 913 g/mol. The minimum absolute atomic E-state index is 0. The second kappa shape index (κ2) is 15.8. The van der Waals surface area contributed by atoms with Crippen molar-refractivity contribution in [1.82, 2.24) is 9.97 Å². The van der Waals surface area contributed by atoms with Crippen molar-refractivity contribution < 1.29 is 28.6 Å². The third-order valence-corrected chi connectivity index (χ3v) is 13.1. The predicted octanol–water partition coefficient (Wildman–Crippen LogP) is 12.2. The first-order chi connectivity index (χ1) is 24.9. The molecule has 0 aliphatic carbocycles. The van der Waals surface area contributed by atoms with Crippen LogP contribution in [0.25, 0.3) is 55.6 Å². The maximum absolute atomic E-state index is 8.91. The Hall–Kier alpha value is -3.83. The standard InChI is InChI=1S/C31H30NO.C15H18GeN.Ir/c1-20(2)29-24(22-9-7-6-8-10-22)12-13-25-26-18-23(11-14-28(26)33-30(25)29)27-17-21(15-16-32-27)19-31(3,4)5;1-12-10-15(13-8-6-5-7-9-13)17-11-14(12)16(2,3)4;/h6-10,12-18,20H,19H2,1-5H3;5-8,10-11H,1-4H3;/q2*-1;/i19D2,20D;;. The van der Waals surface area contributed by atoms with Gasteiger partial charge in [0.1, 0.15) is 5.58 Å². The zero-order valence-electron chi connectivity index (χ0n) is 34.0. The van der Waals surface area contributed by atoms with Crippen LogP contribution in [0.5, 0.6) is 0 Å². The molecule has 0 spiro atoms. The zero-order chi connectivity index (χ0) is 38.3. The molecular formula is C46H48GeIrN2O-2. The fourth-order valence-corrected chi connectivity index (χ4v) is 10.00. The Morgan fingerprint density at radius 2 is 1.57 bits per heavy atom. The summed E-state index contributed by atoms with van der Waals surface area (Å²) in [5.41, 5.74) is 9.25. The van der Waals surface area contributed by atoms with Crippen molar-refractivity contribution in [1.29, 1.82) is 0 Å². The Kier molecular flexibility index (Phi) is 10.6. The minimum atomic E-state index is -1.77. The van der Waals surface area contributed by atoms with Crippen LogP contribution in [0, 0.1) is 24.5 Å². The molecule has 51 heavy (non-hydrogen) atoms. The molecule has 0 N–H and O–H groups in total. The molecule has 0 amide bonds. The van der Waals surface area contributed by atoms with Crippen LogP contribution < -0.4 is 4.40 Å². The van der Waals surface area contributed by atoms with Crippen LogP contribution in [0.3, 0.4) is 0 Å². The fourth-order valence-electron chi connectivity index (χ4n) is 6.42. The second-order valence-corrected chi connectivity index (χ2v) is 25.7. The average Bonchev–Trinajstić information content (AvgIpc) is 3.48. The Labute approximate surface area is 324 Å². The van der Waals surface area contributed by atoms with Gasteiger partial charge >= 0.3 is 106 Å². The summed E-state index contributed by atoms with van der Waals surface area (Å²) in [6.45, 7) is 11.7. The number of hydrogen-bond donors (Lipinski definition) is 0. The molecule has 0 fully saturated rings. The van der Waals surface area contributed by atoms with Gasteiger partial charge in [0, 0.05) is 41.4 Å². The molecule has 1 radical (unpaired) electrons. The van der Waals surface area contributed by atoms with Gasteiger partial charge in [-0.3, -0.25) is 0 Å². The molecule has 5 heteroatoms. The van der Waals surface area contributed by atoms with Gasteiger partial charge in [-0.1, -0.05) is 94.1 Å². The van der Waals surface area contributed by atoms with Crippen LogP contribution in [-0.2, 0) is 26.5 Å². The van der Waals surface area contributed by atoms with E-state index in [1.54, 1.807) is 12.3 Å². The van der Waals surface area contributed by atoms with Crippen LogP contribution in [0.4, 0.5) is 0 Å². The Morgan fingerprint density at radius 1 is 0.843 bits per heavy atom. The van der Waals surface area contributed by atoms with Crippen LogP contribution >= 0.6 is 0 Å². The summed E-state index contributed by atoms with van der Waals surface area (Å²) in [5, 5.41) is 1.87. The molecule has 7 aromatic rings.